The summed E-state index contributed by atoms with van der Waals surface area (Å²) in [6.07, 6.45) is 3.76. The van der Waals surface area contributed by atoms with E-state index in [0.29, 0.717) is 17.2 Å². The Morgan fingerprint density at radius 2 is 1.96 bits per heavy atom. The van der Waals surface area contributed by atoms with Crippen molar-refractivity contribution in [3.05, 3.63) is 21.4 Å². The van der Waals surface area contributed by atoms with Crippen LogP contribution in [-0.4, -0.2) is 31.7 Å². The highest BCUT2D eigenvalue weighted by molar-refractivity contribution is 7.91. The van der Waals surface area contributed by atoms with Crippen molar-refractivity contribution in [2.45, 2.75) is 52.9 Å². The van der Waals surface area contributed by atoms with Gasteiger partial charge >= 0.3 is 0 Å². The van der Waals surface area contributed by atoms with Gasteiger partial charge in [0, 0.05) is 11.3 Å². The molecule has 6 nitrogen and oxygen atoms in total. The zero-order chi connectivity index (χ0) is 19.8. The third kappa shape index (κ3) is 5.10. The van der Waals surface area contributed by atoms with Crippen LogP contribution in [0.25, 0.3) is 0 Å². The van der Waals surface area contributed by atoms with E-state index >= 15 is 0 Å². The average molecular weight is 413 g/mol. The number of rotatable bonds is 3. The van der Waals surface area contributed by atoms with E-state index in [0.717, 1.165) is 19.3 Å². The molecule has 0 aromatic carbocycles. The van der Waals surface area contributed by atoms with Gasteiger partial charge in [-0.3, -0.25) is 20.4 Å². The van der Waals surface area contributed by atoms with Crippen molar-refractivity contribution in [3.63, 3.8) is 0 Å². The van der Waals surface area contributed by atoms with Crippen LogP contribution in [0.1, 0.15) is 60.1 Å². The maximum atomic E-state index is 12.4. The summed E-state index contributed by atoms with van der Waals surface area (Å²) >= 11 is 1.50. The highest BCUT2D eigenvalue weighted by atomic mass is 32.2. The van der Waals surface area contributed by atoms with Gasteiger partial charge in [-0.25, -0.2) is 8.42 Å². The topological polar surface area (TPSA) is 92.3 Å². The fourth-order valence-corrected chi connectivity index (χ4v) is 6.87. The molecule has 1 aromatic rings. The van der Waals surface area contributed by atoms with Crippen LogP contribution in [0.15, 0.2) is 6.07 Å². The fraction of sp³-hybridized carbons (Fsp3) is 0.684. The Hall–Kier alpha value is -1.41. The Balaban J connectivity index is 1.52. The fourth-order valence-electron chi connectivity index (χ4n) is 3.91. The molecule has 27 heavy (non-hydrogen) atoms. The van der Waals surface area contributed by atoms with Crippen LogP contribution in [-0.2, 0) is 27.5 Å². The van der Waals surface area contributed by atoms with Gasteiger partial charge in [0.25, 0.3) is 5.91 Å². The Labute approximate surface area is 165 Å². The van der Waals surface area contributed by atoms with Crippen molar-refractivity contribution in [1.29, 1.82) is 0 Å². The first-order valence-electron chi connectivity index (χ1n) is 9.45. The third-order valence-corrected chi connectivity index (χ3v) is 8.72. The van der Waals surface area contributed by atoms with Gasteiger partial charge in [-0.05, 0) is 54.6 Å². The average Bonchev–Trinajstić information content (AvgIpc) is 3.13. The van der Waals surface area contributed by atoms with Crippen LogP contribution >= 0.6 is 11.3 Å². The lowest BCUT2D eigenvalue weighted by molar-refractivity contribution is -0.122. The van der Waals surface area contributed by atoms with Crippen molar-refractivity contribution in [2.24, 2.45) is 17.3 Å². The van der Waals surface area contributed by atoms with Crippen LogP contribution < -0.4 is 10.9 Å². The van der Waals surface area contributed by atoms with E-state index in [1.807, 2.05) is 6.07 Å². The van der Waals surface area contributed by atoms with E-state index < -0.39 is 9.84 Å². The van der Waals surface area contributed by atoms with E-state index in [1.165, 1.54) is 21.8 Å². The lowest BCUT2D eigenvalue weighted by atomic mass is 9.72. The largest absolute Gasteiger partial charge is 0.279 e. The second-order valence-electron chi connectivity index (χ2n) is 8.84. The van der Waals surface area contributed by atoms with Crippen molar-refractivity contribution in [1.82, 2.24) is 10.9 Å². The standard InChI is InChI=1S/C19H28N2O4S2/c1-19(2,3)14-4-5-15-13(9-14)10-16(26-15)18(23)21-20-17(22)8-12-6-7-27(24,25)11-12/h10,12,14H,4-9,11H2,1-3H3,(H,20,22)(H,21,23)/t12-,14-/m1/s1. The Bertz CT molecular complexity index is 836. The molecular weight excluding hydrogens is 384 g/mol. The molecular formula is C19H28N2O4S2. The summed E-state index contributed by atoms with van der Waals surface area (Å²) in [6, 6.07) is 1.95. The van der Waals surface area contributed by atoms with E-state index in [1.54, 1.807) is 0 Å². The highest BCUT2D eigenvalue weighted by Gasteiger charge is 2.31. The number of aryl methyl sites for hydroxylation is 1. The minimum Gasteiger partial charge on any atom is -0.273 e. The lowest BCUT2D eigenvalue weighted by Gasteiger charge is -2.33. The molecule has 0 unspecified atom stereocenters. The molecule has 1 aromatic heterocycles. The number of hydrogen-bond donors (Lipinski definition) is 2. The van der Waals surface area contributed by atoms with E-state index in [4.69, 9.17) is 0 Å². The van der Waals surface area contributed by atoms with Gasteiger partial charge in [0.1, 0.15) is 0 Å². The Kier molecular flexibility index (Phi) is 5.68. The number of carbonyl (C=O) groups excluding carboxylic acids is 2. The number of hydrogen-bond acceptors (Lipinski definition) is 5. The van der Waals surface area contributed by atoms with E-state index in [9.17, 15) is 18.0 Å². The van der Waals surface area contributed by atoms with Crippen molar-refractivity contribution in [2.75, 3.05) is 11.5 Å². The summed E-state index contributed by atoms with van der Waals surface area (Å²) in [5.41, 5.74) is 6.39. The van der Waals surface area contributed by atoms with Gasteiger partial charge in [-0.2, -0.15) is 0 Å². The number of sulfone groups is 1. The maximum Gasteiger partial charge on any atom is 0.279 e. The Morgan fingerprint density at radius 3 is 2.59 bits per heavy atom. The van der Waals surface area contributed by atoms with Gasteiger partial charge in [0.2, 0.25) is 5.91 Å². The number of thiophene rings is 1. The molecule has 0 spiro atoms. The van der Waals surface area contributed by atoms with Crippen LogP contribution in [0.5, 0.6) is 0 Å². The quantitative estimate of drug-likeness (QED) is 0.746. The molecule has 2 amide bonds. The first-order valence-corrected chi connectivity index (χ1v) is 12.1. The molecule has 2 N–H and O–H groups in total. The van der Waals surface area contributed by atoms with Crippen molar-refractivity contribution >= 4 is 33.0 Å². The number of hydrazine groups is 1. The first kappa shape index (κ1) is 20.3. The second kappa shape index (κ2) is 7.54. The predicted molar refractivity (Wildman–Crippen MR) is 106 cm³/mol. The molecule has 2 atom stereocenters. The molecule has 0 saturated carbocycles. The van der Waals surface area contributed by atoms with E-state index in [2.05, 4.69) is 31.6 Å². The monoisotopic (exact) mass is 412 g/mol. The number of nitrogens with one attached hydrogen (secondary N) is 2. The maximum absolute atomic E-state index is 12.4. The molecule has 3 rings (SSSR count). The summed E-state index contributed by atoms with van der Waals surface area (Å²) < 4.78 is 22.9. The molecule has 8 heteroatoms. The first-order chi connectivity index (χ1) is 12.5. The molecule has 150 valence electrons. The molecule has 1 fully saturated rings. The molecule has 2 heterocycles. The SMILES string of the molecule is CC(C)(C)[C@@H]1CCc2sc(C(=O)NNC(=O)C[C@H]3CCS(=O)(=O)C3)cc2C1. The van der Waals surface area contributed by atoms with Crippen LogP contribution in [0.2, 0.25) is 0 Å². The summed E-state index contributed by atoms with van der Waals surface area (Å²) in [6.45, 7) is 6.77. The minimum atomic E-state index is -3.00. The van der Waals surface area contributed by atoms with Gasteiger partial charge in [0.05, 0.1) is 16.4 Å². The van der Waals surface area contributed by atoms with Gasteiger partial charge in [-0.15, -0.1) is 11.3 Å². The summed E-state index contributed by atoms with van der Waals surface area (Å²) in [5, 5.41) is 0. The lowest BCUT2D eigenvalue weighted by Crippen LogP contribution is -2.42. The van der Waals surface area contributed by atoms with Gasteiger partial charge in [0.15, 0.2) is 9.84 Å². The summed E-state index contributed by atoms with van der Waals surface area (Å²) in [4.78, 5) is 26.2. The third-order valence-electron chi connectivity index (χ3n) is 5.65. The predicted octanol–water partition coefficient (Wildman–Crippen LogP) is 2.48. The van der Waals surface area contributed by atoms with Gasteiger partial charge in [-0.1, -0.05) is 20.8 Å². The van der Waals surface area contributed by atoms with Crippen LogP contribution in [0.4, 0.5) is 0 Å². The molecule has 0 radical (unpaired) electrons. The smallest absolute Gasteiger partial charge is 0.273 e. The normalized spacial score (nSPS) is 24.3. The zero-order valence-electron chi connectivity index (χ0n) is 16.1. The van der Waals surface area contributed by atoms with Crippen LogP contribution in [0, 0.1) is 17.3 Å². The second-order valence-corrected chi connectivity index (χ2v) is 12.2. The number of amides is 2. The minimum absolute atomic E-state index is 0.0565. The zero-order valence-corrected chi connectivity index (χ0v) is 17.8. The summed E-state index contributed by atoms with van der Waals surface area (Å²) in [5.74, 6) is -0.00367. The molecule has 0 bridgehead atoms. The molecule has 1 aliphatic heterocycles. The van der Waals surface area contributed by atoms with Crippen molar-refractivity contribution in [3.8, 4) is 0 Å². The molecule has 1 saturated heterocycles. The highest BCUT2D eigenvalue weighted by Crippen LogP contribution is 2.40. The molecule has 1 aliphatic carbocycles. The number of fused-ring (bicyclic) bond motifs is 1. The van der Waals surface area contributed by atoms with Gasteiger partial charge < -0.3 is 0 Å². The number of carbonyl (C=O) groups is 2. The van der Waals surface area contributed by atoms with Crippen molar-refractivity contribution < 1.29 is 18.0 Å². The van der Waals surface area contributed by atoms with E-state index in [-0.39, 0.29) is 41.1 Å². The Morgan fingerprint density at radius 1 is 1.22 bits per heavy atom. The summed E-state index contributed by atoms with van der Waals surface area (Å²) in [7, 11) is -3.00. The van der Waals surface area contributed by atoms with Crippen LogP contribution in [0.3, 0.4) is 0 Å². The molecule has 2 aliphatic rings.